The molecule has 0 aliphatic carbocycles. The molecule has 0 atom stereocenters. The van der Waals surface area contributed by atoms with E-state index < -0.39 is 0 Å². The summed E-state index contributed by atoms with van der Waals surface area (Å²) in [5, 5.41) is 12.1. The molecule has 12 aromatic rings. The van der Waals surface area contributed by atoms with Crippen molar-refractivity contribution in [1.82, 2.24) is 0 Å². The van der Waals surface area contributed by atoms with Crippen molar-refractivity contribution in [3.8, 4) is 22.3 Å². The first-order chi connectivity index (χ1) is 28.3. The Morgan fingerprint density at radius 3 is 1.88 bits per heavy atom. The molecule has 0 aliphatic rings. The monoisotopic (exact) mass is 743 g/mol. The lowest BCUT2D eigenvalue weighted by molar-refractivity contribution is 0.670. The third-order valence-electron chi connectivity index (χ3n) is 11.6. The first-order valence-corrected chi connectivity index (χ1v) is 20.2. The minimum Gasteiger partial charge on any atom is -0.455 e. The molecule has 0 aliphatic heterocycles. The zero-order chi connectivity index (χ0) is 37.5. The van der Waals surface area contributed by atoms with E-state index in [9.17, 15) is 0 Å². The molecule has 0 N–H and O–H groups in total. The second-order valence-electron chi connectivity index (χ2n) is 14.8. The first-order valence-electron chi connectivity index (χ1n) is 19.4. The number of fused-ring (bicyclic) bond motifs is 10. The van der Waals surface area contributed by atoms with Gasteiger partial charge >= 0.3 is 0 Å². The fourth-order valence-electron chi connectivity index (χ4n) is 9.16. The van der Waals surface area contributed by atoms with Crippen LogP contribution in [0.25, 0.3) is 96.7 Å². The molecule has 2 nitrogen and oxygen atoms in total. The molecule has 10 aromatic carbocycles. The van der Waals surface area contributed by atoms with Crippen molar-refractivity contribution in [2.75, 3.05) is 4.90 Å². The van der Waals surface area contributed by atoms with Gasteiger partial charge in [0, 0.05) is 48.4 Å². The molecule has 266 valence electrons. The maximum Gasteiger partial charge on any atom is 0.143 e. The summed E-state index contributed by atoms with van der Waals surface area (Å²) < 4.78 is 9.15. The van der Waals surface area contributed by atoms with Crippen LogP contribution < -0.4 is 4.90 Å². The van der Waals surface area contributed by atoms with Crippen molar-refractivity contribution in [1.29, 1.82) is 0 Å². The number of thiophene rings is 1. The van der Waals surface area contributed by atoms with Gasteiger partial charge in [-0.2, -0.15) is 0 Å². The van der Waals surface area contributed by atoms with Crippen LogP contribution in [0, 0.1) is 0 Å². The Balaban J connectivity index is 1.23. The van der Waals surface area contributed by atoms with Crippen molar-refractivity contribution < 1.29 is 4.42 Å². The highest BCUT2D eigenvalue weighted by atomic mass is 32.1. The normalized spacial score (nSPS) is 11.9. The van der Waals surface area contributed by atoms with E-state index in [-0.39, 0.29) is 0 Å². The lowest BCUT2D eigenvalue weighted by atomic mass is 9.88. The van der Waals surface area contributed by atoms with Gasteiger partial charge in [0.2, 0.25) is 0 Å². The highest BCUT2D eigenvalue weighted by molar-refractivity contribution is 7.26. The summed E-state index contributed by atoms with van der Waals surface area (Å²) in [7, 11) is 0. The van der Waals surface area contributed by atoms with Crippen LogP contribution in [-0.2, 0) is 0 Å². The minimum absolute atomic E-state index is 0.900. The molecule has 0 radical (unpaired) electrons. The van der Waals surface area contributed by atoms with Crippen LogP contribution in [0.2, 0.25) is 0 Å². The molecule has 2 heterocycles. The summed E-state index contributed by atoms with van der Waals surface area (Å²) in [4.78, 5) is 2.55. The van der Waals surface area contributed by atoms with Gasteiger partial charge in [-0.15, -0.1) is 11.3 Å². The molecule has 12 rings (SSSR count). The van der Waals surface area contributed by atoms with Crippen molar-refractivity contribution in [3.05, 3.63) is 200 Å². The van der Waals surface area contributed by atoms with Gasteiger partial charge in [0.15, 0.2) is 0 Å². The fraction of sp³-hybridized carbons (Fsp3) is 0. The number of para-hydroxylation sites is 2. The molecule has 3 heteroatoms. The Morgan fingerprint density at radius 2 is 1.00 bits per heavy atom. The van der Waals surface area contributed by atoms with Crippen molar-refractivity contribution in [3.63, 3.8) is 0 Å². The van der Waals surface area contributed by atoms with E-state index in [1.165, 1.54) is 63.6 Å². The Kier molecular flexibility index (Phi) is 7.13. The van der Waals surface area contributed by atoms with Crippen LogP contribution in [0.1, 0.15) is 0 Å². The SMILES string of the molecule is c1cc(-c2cccc3c2oc2ccccc23)cc(N(c2c(-c3cccc4ccccc34)c3ccccc3c3ccccc23)c2cccc3c2sc2ccccc23)c1. The average molecular weight is 744 g/mol. The van der Waals surface area contributed by atoms with Gasteiger partial charge in [0.05, 0.1) is 16.1 Å². The van der Waals surface area contributed by atoms with Crippen molar-refractivity contribution in [2.24, 2.45) is 0 Å². The molecule has 0 saturated heterocycles. The van der Waals surface area contributed by atoms with Crippen LogP contribution >= 0.6 is 11.3 Å². The van der Waals surface area contributed by atoms with Crippen LogP contribution in [-0.4, -0.2) is 0 Å². The Morgan fingerprint density at radius 1 is 0.404 bits per heavy atom. The zero-order valence-corrected chi connectivity index (χ0v) is 31.6. The minimum atomic E-state index is 0.900. The van der Waals surface area contributed by atoms with Gasteiger partial charge in [-0.05, 0) is 68.4 Å². The van der Waals surface area contributed by atoms with E-state index in [0.717, 1.165) is 50.1 Å². The first kappa shape index (κ1) is 32.1. The van der Waals surface area contributed by atoms with Crippen molar-refractivity contribution >= 4 is 103 Å². The summed E-state index contributed by atoms with van der Waals surface area (Å²) in [6, 6.07) is 72.9. The van der Waals surface area contributed by atoms with Crippen molar-refractivity contribution in [2.45, 2.75) is 0 Å². The van der Waals surface area contributed by atoms with E-state index in [1.807, 2.05) is 17.4 Å². The number of hydrogen-bond acceptors (Lipinski definition) is 3. The van der Waals surface area contributed by atoms with Crippen LogP contribution in [0.5, 0.6) is 0 Å². The standard InChI is InChI=1S/C54H33NOS/c1-2-19-37-34(15-1)16-12-27-43(37)51-44-24-5-3-20-39(44)40-21-4-6-25-45(40)52(51)55(48-30-14-29-47-42-23-8-10-32-50(42)57-54(47)48)36-18-11-17-35(33-36)38-26-13-28-46-41-22-7-9-31-49(41)56-53(38)46/h1-33H. The zero-order valence-electron chi connectivity index (χ0n) is 30.8. The predicted molar refractivity (Wildman–Crippen MR) is 245 cm³/mol. The van der Waals surface area contributed by atoms with Gasteiger partial charge in [-0.1, -0.05) is 170 Å². The summed E-state index contributed by atoms with van der Waals surface area (Å²) in [6.07, 6.45) is 0. The molecule has 0 spiro atoms. The number of hydrogen-bond donors (Lipinski definition) is 0. The second kappa shape index (κ2) is 12.7. The summed E-state index contributed by atoms with van der Waals surface area (Å²) in [6.45, 7) is 0. The van der Waals surface area contributed by atoms with E-state index in [4.69, 9.17) is 4.42 Å². The Hall–Kier alpha value is -7.20. The van der Waals surface area contributed by atoms with E-state index in [0.29, 0.717) is 0 Å². The highest BCUT2D eigenvalue weighted by Gasteiger charge is 2.27. The number of rotatable bonds is 5. The van der Waals surface area contributed by atoms with Crippen LogP contribution in [0.3, 0.4) is 0 Å². The van der Waals surface area contributed by atoms with E-state index in [2.05, 4.69) is 199 Å². The summed E-state index contributed by atoms with van der Waals surface area (Å²) in [5.74, 6) is 0. The smallest absolute Gasteiger partial charge is 0.143 e. The summed E-state index contributed by atoms with van der Waals surface area (Å²) >= 11 is 1.87. The molecule has 0 amide bonds. The summed E-state index contributed by atoms with van der Waals surface area (Å²) in [5.41, 5.74) is 9.78. The maximum atomic E-state index is 6.61. The lowest BCUT2D eigenvalue weighted by Crippen LogP contribution is -2.13. The number of nitrogens with zero attached hydrogens (tertiary/aromatic N) is 1. The molecular formula is C54H33NOS. The molecule has 0 bridgehead atoms. The molecule has 2 aromatic heterocycles. The second-order valence-corrected chi connectivity index (χ2v) is 15.8. The fourth-order valence-corrected chi connectivity index (χ4v) is 10.4. The van der Waals surface area contributed by atoms with E-state index >= 15 is 0 Å². The largest absolute Gasteiger partial charge is 0.455 e. The van der Waals surface area contributed by atoms with Gasteiger partial charge in [0.1, 0.15) is 11.2 Å². The van der Waals surface area contributed by atoms with Crippen LogP contribution in [0.4, 0.5) is 17.1 Å². The molecule has 57 heavy (non-hydrogen) atoms. The van der Waals surface area contributed by atoms with Gasteiger partial charge < -0.3 is 9.32 Å². The van der Waals surface area contributed by atoms with Gasteiger partial charge in [-0.3, -0.25) is 0 Å². The molecule has 0 saturated carbocycles. The number of benzene rings is 10. The molecule has 0 fully saturated rings. The highest BCUT2D eigenvalue weighted by Crippen LogP contribution is 2.53. The lowest BCUT2D eigenvalue weighted by Gasteiger charge is -2.31. The molecular weight excluding hydrogens is 711 g/mol. The number of anilines is 3. The predicted octanol–water partition coefficient (Wildman–Crippen LogP) is 16.2. The quantitative estimate of drug-likeness (QED) is 0.163. The maximum absolute atomic E-state index is 6.61. The molecule has 0 unspecified atom stereocenters. The number of furan rings is 1. The van der Waals surface area contributed by atoms with E-state index in [1.54, 1.807) is 0 Å². The van der Waals surface area contributed by atoms with Gasteiger partial charge in [0.25, 0.3) is 0 Å². The average Bonchev–Trinajstić information content (AvgIpc) is 3.86. The van der Waals surface area contributed by atoms with Crippen LogP contribution in [0.15, 0.2) is 205 Å². The van der Waals surface area contributed by atoms with Gasteiger partial charge in [-0.25, -0.2) is 0 Å². The Labute approximate surface area is 333 Å². The third kappa shape index (κ3) is 4.89. The third-order valence-corrected chi connectivity index (χ3v) is 12.8. The topological polar surface area (TPSA) is 16.4 Å². The Bertz CT molecular complexity index is 3550.